The summed E-state index contributed by atoms with van der Waals surface area (Å²) in [7, 11) is -1.18. The van der Waals surface area contributed by atoms with E-state index >= 15 is 0 Å². The quantitative estimate of drug-likeness (QED) is 0.428. The van der Waals surface area contributed by atoms with Gasteiger partial charge in [0.2, 0.25) is 0 Å². The summed E-state index contributed by atoms with van der Waals surface area (Å²) in [5, 5.41) is 7.04. The normalized spacial score (nSPS) is 12.1. The molecule has 4 rings (SSSR count). The molecule has 9 heteroatoms. The minimum Gasteiger partial charge on any atom is -0.321 e. The van der Waals surface area contributed by atoms with Crippen molar-refractivity contribution in [3.8, 4) is 11.8 Å². The van der Waals surface area contributed by atoms with Crippen LogP contribution < -0.4 is 5.32 Å². The maximum absolute atomic E-state index is 12.9. The van der Waals surface area contributed by atoms with E-state index in [2.05, 4.69) is 31.6 Å². The first-order valence-electron chi connectivity index (χ1n) is 10.9. The maximum Gasteiger partial charge on any atom is 0.286 e. The highest BCUT2D eigenvalue weighted by Gasteiger charge is 2.13. The van der Waals surface area contributed by atoms with Crippen molar-refractivity contribution < 1.29 is 13.8 Å². The molecule has 0 saturated carbocycles. The molecule has 0 aliphatic carbocycles. The number of nitrogens with zero attached hydrogens (tertiary/aromatic N) is 4. The van der Waals surface area contributed by atoms with Gasteiger partial charge in [-0.2, -0.15) is 9.46 Å². The zero-order valence-electron chi connectivity index (χ0n) is 19.9. The predicted octanol–water partition coefficient (Wildman–Crippen LogP) is 4.07. The summed E-state index contributed by atoms with van der Waals surface area (Å²) in [5.74, 6) is 5.08. The Morgan fingerprint density at radius 1 is 0.972 bits per heavy atom. The van der Waals surface area contributed by atoms with Gasteiger partial charge in [0, 0.05) is 47.4 Å². The van der Waals surface area contributed by atoms with Gasteiger partial charge in [0.25, 0.3) is 11.8 Å². The number of nitrogens with one attached hydrogen (secondary N) is 1. The summed E-state index contributed by atoms with van der Waals surface area (Å²) < 4.78 is 18.4. The number of benzene rings is 2. The fourth-order valence-electron chi connectivity index (χ4n) is 3.40. The van der Waals surface area contributed by atoms with Crippen LogP contribution >= 0.6 is 0 Å². The predicted molar refractivity (Wildman–Crippen MR) is 138 cm³/mol. The van der Waals surface area contributed by atoms with Crippen LogP contribution in [0.15, 0.2) is 88.4 Å². The zero-order chi connectivity index (χ0) is 25.7. The number of aryl methyl sites for hydroxylation is 2. The van der Waals surface area contributed by atoms with Crippen LogP contribution in [0.3, 0.4) is 0 Å². The number of aromatic nitrogens is 3. The van der Waals surface area contributed by atoms with Crippen LogP contribution in [0.1, 0.15) is 37.7 Å². The van der Waals surface area contributed by atoms with Crippen LogP contribution in [0, 0.1) is 18.8 Å². The van der Waals surface area contributed by atoms with Gasteiger partial charge in [-0.15, -0.1) is 0 Å². The molecule has 0 saturated heterocycles. The van der Waals surface area contributed by atoms with Crippen LogP contribution in [0.2, 0.25) is 0 Å². The first kappa shape index (κ1) is 24.6. The molecule has 8 nitrogen and oxygen atoms in total. The third-order valence-electron chi connectivity index (χ3n) is 5.13. The number of pyridine rings is 1. The number of carbonyl (C=O) groups excluding carboxylic acids is 2. The number of anilines is 1. The second kappa shape index (κ2) is 10.4. The van der Waals surface area contributed by atoms with Crippen LogP contribution in [-0.2, 0) is 16.8 Å². The van der Waals surface area contributed by atoms with E-state index in [9.17, 15) is 13.8 Å². The molecule has 180 valence electrons. The minimum atomic E-state index is -2.89. The van der Waals surface area contributed by atoms with E-state index in [1.807, 2.05) is 6.92 Å². The molecule has 4 aromatic rings. The molecule has 0 spiro atoms. The highest BCUT2D eigenvalue weighted by atomic mass is 32.2. The number of hydrogen-bond donors (Lipinski definition) is 1. The van der Waals surface area contributed by atoms with Crippen molar-refractivity contribution in [2.24, 2.45) is 11.4 Å². The summed E-state index contributed by atoms with van der Waals surface area (Å²) in [6, 6.07) is 19.0. The van der Waals surface area contributed by atoms with E-state index in [1.54, 1.807) is 73.8 Å². The van der Waals surface area contributed by atoms with Crippen molar-refractivity contribution in [1.82, 2.24) is 14.8 Å². The molecule has 0 bridgehead atoms. The van der Waals surface area contributed by atoms with Gasteiger partial charge in [0.1, 0.15) is 5.69 Å². The average molecular weight is 498 g/mol. The van der Waals surface area contributed by atoms with Crippen molar-refractivity contribution in [1.29, 1.82) is 0 Å². The molecule has 36 heavy (non-hydrogen) atoms. The molecule has 0 radical (unpaired) electrons. The Hall–Kier alpha value is -4.55. The molecule has 0 fully saturated rings. The van der Waals surface area contributed by atoms with Gasteiger partial charge in [-0.1, -0.05) is 36.1 Å². The molecule has 1 atom stereocenters. The molecular weight excluding hydrogens is 474 g/mol. The lowest BCUT2D eigenvalue weighted by molar-refractivity contribution is 0.0999. The van der Waals surface area contributed by atoms with Crippen molar-refractivity contribution in [2.75, 3.05) is 11.6 Å². The lowest BCUT2D eigenvalue weighted by atomic mass is 10.1. The van der Waals surface area contributed by atoms with Crippen LogP contribution in [0.5, 0.6) is 0 Å². The highest BCUT2D eigenvalue weighted by Crippen LogP contribution is 2.14. The fourth-order valence-corrected chi connectivity index (χ4v) is 4.59. The highest BCUT2D eigenvalue weighted by molar-refractivity contribution is 7.93. The van der Waals surface area contributed by atoms with Crippen molar-refractivity contribution in [3.63, 3.8) is 0 Å². The average Bonchev–Trinajstić information content (AvgIpc) is 3.21. The Labute approximate surface area is 209 Å². The number of rotatable bonds is 4. The minimum absolute atomic E-state index is 0.194. The van der Waals surface area contributed by atoms with Gasteiger partial charge in [-0.05, 0) is 49.4 Å². The summed E-state index contributed by atoms with van der Waals surface area (Å²) in [4.78, 5) is 29.8. The number of amides is 2. The van der Waals surface area contributed by atoms with Gasteiger partial charge in [0.05, 0.1) is 21.0 Å². The van der Waals surface area contributed by atoms with E-state index in [1.165, 1.54) is 23.3 Å². The van der Waals surface area contributed by atoms with E-state index in [0.29, 0.717) is 27.4 Å². The summed E-state index contributed by atoms with van der Waals surface area (Å²) >= 11 is 0. The van der Waals surface area contributed by atoms with Gasteiger partial charge >= 0.3 is 0 Å². The Bertz CT molecular complexity index is 1640. The third kappa shape index (κ3) is 5.92. The summed E-state index contributed by atoms with van der Waals surface area (Å²) in [5.41, 5.74) is 3.15. The summed E-state index contributed by atoms with van der Waals surface area (Å²) in [6.45, 7) is 1.82. The second-order valence-corrected chi connectivity index (χ2v) is 10.3. The van der Waals surface area contributed by atoms with Gasteiger partial charge in [-0.25, -0.2) is 4.21 Å². The first-order chi connectivity index (χ1) is 17.2. The monoisotopic (exact) mass is 497 g/mol. The standard InChI is InChI=1S/C27H23N5O3S/c1-19-14-25(32(2)30-19)27(34)29-23-9-7-8-20(16-23)12-13-21-15-22(18-28-17-21)26(33)31-36(3,35)24-10-5-4-6-11-24/h4-11,14-18H,1-3H3,(H,29,34). The lowest BCUT2D eigenvalue weighted by Gasteiger charge is -2.05. The molecule has 2 aromatic carbocycles. The smallest absolute Gasteiger partial charge is 0.286 e. The van der Waals surface area contributed by atoms with Crippen molar-refractivity contribution >= 4 is 27.2 Å². The van der Waals surface area contributed by atoms with Crippen LogP contribution in [0.25, 0.3) is 0 Å². The van der Waals surface area contributed by atoms with Crippen molar-refractivity contribution in [2.45, 2.75) is 11.8 Å². The second-order valence-electron chi connectivity index (χ2n) is 8.05. The Morgan fingerprint density at radius 2 is 1.72 bits per heavy atom. The largest absolute Gasteiger partial charge is 0.321 e. The molecular formula is C27H23N5O3S. The van der Waals surface area contributed by atoms with E-state index in [-0.39, 0.29) is 11.5 Å². The van der Waals surface area contributed by atoms with Crippen LogP contribution in [-0.4, -0.2) is 37.0 Å². The Balaban J connectivity index is 1.52. The van der Waals surface area contributed by atoms with Crippen LogP contribution in [0.4, 0.5) is 5.69 Å². The molecule has 2 amide bonds. The van der Waals surface area contributed by atoms with Gasteiger partial charge < -0.3 is 5.32 Å². The molecule has 2 aromatic heterocycles. The molecule has 1 N–H and O–H groups in total. The zero-order valence-corrected chi connectivity index (χ0v) is 20.7. The molecule has 0 aliphatic rings. The fraction of sp³-hybridized carbons (Fsp3) is 0.111. The van der Waals surface area contributed by atoms with Gasteiger partial charge in [0.15, 0.2) is 0 Å². The maximum atomic E-state index is 12.9. The molecule has 0 aliphatic heterocycles. The first-order valence-corrected chi connectivity index (χ1v) is 12.8. The Morgan fingerprint density at radius 3 is 2.44 bits per heavy atom. The topological polar surface area (TPSA) is 106 Å². The van der Waals surface area contributed by atoms with Crippen molar-refractivity contribution in [3.05, 3.63) is 107 Å². The number of hydrogen-bond acceptors (Lipinski definition) is 5. The number of carbonyl (C=O) groups is 2. The molecule has 1 unspecified atom stereocenters. The third-order valence-corrected chi connectivity index (χ3v) is 6.79. The van der Waals surface area contributed by atoms with E-state index < -0.39 is 15.6 Å². The van der Waals surface area contributed by atoms with E-state index in [0.717, 1.165) is 5.69 Å². The van der Waals surface area contributed by atoms with E-state index in [4.69, 9.17) is 0 Å². The molecule has 2 heterocycles. The SMILES string of the molecule is Cc1cc(C(=O)Nc2cccc(C#Cc3cncc(C(=O)N=S(C)(=O)c4ccccc4)c3)c2)n(C)n1. The summed E-state index contributed by atoms with van der Waals surface area (Å²) in [6.07, 6.45) is 4.33. The van der Waals surface area contributed by atoms with Gasteiger partial charge in [-0.3, -0.25) is 19.3 Å². The Kier molecular flexibility index (Phi) is 7.08. The lowest BCUT2D eigenvalue weighted by Crippen LogP contribution is -2.16.